The molecule has 4 aromatic carbocycles. The van der Waals surface area contributed by atoms with Gasteiger partial charge in [0.1, 0.15) is 0 Å². The van der Waals surface area contributed by atoms with E-state index in [9.17, 15) is 48.4 Å². The maximum atomic E-state index is 12.6. The third-order valence-electron chi connectivity index (χ3n) is 7.30. The molecule has 0 saturated carbocycles. The van der Waals surface area contributed by atoms with E-state index in [0.717, 1.165) is 41.1 Å². The first-order valence-electron chi connectivity index (χ1n) is 15.1. The molecular formula is C32H24CrN11O10S. The number of hydrogen-bond acceptors (Lipinski definition) is 14. The first-order chi connectivity index (χ1) is 25.5. The SMILES string of the molecule is Cc1[nH]n(-c2cccc(S([NH-])(=O)=O)c2)c(=O)c1N=Nc1cc([N+](=O)[O-])ccc1[O-].Cc1[nH]n(-c2ccccc2)c(=O)c1N=Nc1ccc([N+](=O)[O-])cc1[O-].[Cr+3]. The van der Waals surface area contributed by atoms with Crippen LogP contribution in [-0.2, 0) is 27.4 Å². The fourth-order valence-electron chi connectivity index (χ4n) is 4.65. The molecule has 6 rings (SSSR count). The van der Waals surface area contributed by atoms with E-state index in [1.807, 2.05) is 6.07 Å². The van der Waals surface area contributed by atoms with Crippen molar-refractivity contribution in [3.8, 4) is 22.9 Å². The average Bonchev–Trinajstić information content (AvgIpc) is 3.59. The molecule has 2 heterocycles. The summed E-state index contributed by atoms with van der Waals surface area (Å²) in [6.45, 7) is 3.16. The van der Waals surface area contributed by atoms with Gasteiger partial charge in [-0.2, -0.15) is 10.2 Å². The van der Waals surface area contributed by atoms with E-state index in [-0.39, 0.29) is 67.8 Å². The maximum Gasteiger partial charge on any atom is 3.00 e. The number of aryl methyl sites for hydroxylation is 2. The van der Waals surface area contributed by atoms with Gasteiger partial charge in [-0.15, -0.1) is 10.2 Å². The van der Waals surface area contributed by atoms with E-state index in [2.05, 4.69) is 30.7 Å². The summed E-state index contributed by atoms with van der Waals surface area (Å²) < 4.78 is 25.1. The van der Waals surface area contributed by atoms with Crippen molar-refractivity contribution in [2.45, 2.75) is 18.7 Å². The van der Waals surface area contributed by atoms with Crippen LogP contribution in [0.25, 0.3) is 16.5 Å². The van der Waals surface area contributed by atoms with Crippen LogP contribution < -0.4 is 21.3 Å². The zero-order chi connectivity index (χ0) is 39.3. The number of nitrogens with one attached hydrogen (secondary N) is 3. The molecule has 0 saturated heterocycles. The Morgan fingerprint density at radius 1 is 0.636 bits per heavy atom. The van der Waals surface area contributed by atoms with Crippen LogP contribution >= 0.6 is 0 Å². The minimum atomic E-state index is -4.22. The molecule has 0 unspecified atom stereocenters. The molecule has 0 aliphatic carbocycles. The predicted octanol–water partition coefficient (Wildman–Crippen LogP) is 5.48. The van der Waals surface area contributed by atoms with Gasteiger partial charge in [0.25, 0.3) is 22.5 Å². The molecule has 279 valence electrons. The van der Waals surface area contributed by atoms with Crippen molar-refractivity contribution >= 4 is 44.1 Å². The Kier molecular flexibility index (Phi) is 12.4. The number of sulfonamides is 1. The minimum absolute atomic E-state index is 0. The molecule has 2 aromatic heterocycles. The fourth-order valence-corrected chi connectivity index (χ4v) is 5.18. The number of nitrogens with zero attached hydrogens (tertiary/aromatic N) is 8. The number of H-pyrrole nitrogens is 2. The van der Waals surface area contributed by atoms with Gasteiger partial charge in [-0.25, -0.2) is 17.8 Å². The first kappa shape index (κ1) is 40.7. The summed E-state index contributed by atoms with van der Waals surface area (Å²) in [4.78, 5) is 44.9. The van der Waals surface area contributed by atoms with Crippen molar-refractivity contribution in [1.82, 2.24) is 19.6 Å². The Bertz CT molecular complexity index is 2700. The largest absolute Gasteiger partial charge is 3.00 e. The summed E-state index contributed by atoms with van der Waals surface area (Å²) in [7, 11) is -4.22. The standard InChI is InChI=1S/C16H14N6O6S.C16H13N5O4.Cr/c1-9-15(19-18-13-8-11(22(25)26)5-6-14(13)23)16(24)21(20-9)10-3-2-4-12(7-10)29(17,27)28;1-10-15(16(23)20(19-10)11-5-3-2-4-6-11)18-17-13-8-7-12(21(24)25)9-14(13)22;/h2-8H,1H3,(H4,17,18,19,20,23,24,27,28);2-9,19,22H,1H3;/q;;+3/p-3. The Labute approximate surface area is 319 Å². The summed E-state index contributed by atoms with van der Waals surface area (Å²) in [5.74, 6) is -1.25. The van der Waals surface area contributed by atoms with Crippen LogP contribution in [0.4, 0.5) is 34.1 Å². The number of para-hydroxylation sites is 1. The van der Waals surface area contributed by atoms with Gasteiger partial charge in [0.05, 0.1) is 58.9 Å². The van der Waals surface area contributed by atoms with Crippen molar-refractivity contribution < 1.29 is 45.8 Å². The van der Waals surface area contributed by atoms with Crippen LogP contribution in [0, 0.1) is 34.1 Å². The molecule has 1 radical (unpaired) electrons. The Morgan fingerprint density at radius 2 is 1.15 bits per heavy atom. The van der Waals surface area contributed by atoms with E-state index < -0.39 is 42.5 Å². The van der Waals surface area contributed by atoms with Crippen LogP contribution in [0.2, 0.25) is 0 Å². The third-order valence-corrected chi connectivity index (χ3v) is 8.18. The number of aromatic amines is 2. The topological polar surface area (TPSA) is 315 Å². The number of benzene rings is 4. The number of azo groups is 2. The van der Waals surface area contributed by atoms with Crippen molar-refractivity contribution in [3.63, 3.8) is 0 Å². The number of aromatic nitrogens is 4. The zero-order valence-corrected chi connectivity index (χ0v) is 30.2. The molecule has 6 aromatic rings. The number of non-ortho nitro benzene ring substituents is 2. The normalized spacial score (nSPS) is 11.3. The number of rotatable bonds is 9. The second-order valence-electron chi connectivity index (χ2n) is 11.0. The van der Waals surface area contributed by atoms with Gasteiger partial charge in [-0.05, 0) is 50.2 Å². The number of nitro groups is 2. The summed E-state index contributed by atoms with van der Waals surface area (Å²) in [5.41, 5.74) is -0.775. The van der Waals surface area contributed by atoms with Crippen molar-refractivity contribution in [3.05, 3.63) is 148 Å². The quantitative estimate of drug-likeness (QED) is 0.105. The van der Waals surface area contributed by atoms with E-state index in [4.69, 9.17) is 5.14 Å². The number of nitro benzene ring substituents is 2. The molecule has 55 heavy (non-hydrogen) atoms. The summed E-state index contributed by atoms with van der Waals surface area (Å²) in [6, 6.07) is 20.2. The molecule has 0 fully saturated rings. The van der Waals surface area contributed by atoms with Crippen molar-refractivity contribution in [2.75, 3.05) is 0 Å². The number of hydrogen-bond donors (Lipinski definition) is 2. The minimum Gasteiger partial charge on any atom is -0.871 e. The van der Waals surface area contributed by atoms with E-state index >= 15 is 0 Å². The molecule has 3 N–H and O–H groups in total. The molecule has 0 aliphatic rings. The first-order valence-corrected chi connectivity index (χ1v) is 16.6. The van der Waals surface area contributed by atoms with Gasteiger partial charge in [0.2, 0.25) is 0 Å². The maximum absolute atomic E-state index is 12.6. The summed E-state index contributed by atoms with van der Waals surface area (Å²) >= 11 is 0. The van der Waals surface area contributed by atoms with Crippen molar-refractivity contribution in [2.24, 2.45) is 20.5 Å². The van der Waals surface area contributed by atoms with E-state index in [1.54, 1.807) is 31.2 Å². The summed E-state index contributed by atoms with van der Waals surface area (Å²) in [5, 5.41) is 72.8. The molecule has 0 aliphatic heterocycles. The van der Waals surface area contributed by atoms with Gasteiger partial charge < -0.3 is 15.4 Å². The smallest absolute Gasteiger partial charge is 0.871 e. The molecule has 0 atom stereocenters. The Balaban J connectivity index is 0.000000243. The van der Waals surface area contributed by atoms with Crippen molar-refractivity contribution in [1.29, 1.82) is 0 Å². The Morgan fingerprint density at radius 3 is 1.69 bits per heavy atom. The average molecular weight is 807 g/mol. The molecule has 23 heteroatoms. The van der Waals surface area contributed by atoms with Gasteiger partial charge in [0, 0.05) is 24.3 Å². The zero-order valence-electron chi connectivity index (χ0n) is 28.1. The van der Waals surface area contributed by atoms with Gasteiger partial charge >= 0.3 is 17.4 Å². The molecular weight excluding hydrogens is 782 g/mol. The molecule has 0 spiro atoms. The van der Waals surface area contributed by atoms with E-state index in [0.29, 0.717) is 11.4 Å². The van der Waals surface area contributed by atoms with Gasteiger partial charge in [-0.3, -0.25) is 40.0 Å². The second-order valence-corrected chi connectivity index (χ2v) is 12.5. The Hall–Kier alpha value is -7.06. The van der Waals surface area contributed by atoms with E-state index in [1.165, 1.54) is 35.9 Å². The molecule has 21 nitrogen and oxygen atoms in total. The molecule has 0 bridgehead atoms. The predicted molar refractivity (Wildman–Crippen MR) is 187 cm³/mol. The molecule has 0 amide bonds. The van der Waals surface area contributed by atoms with Crippen LogP contribution in [0.5, 0.6) is 11.5 Å². The summed E-state index contributed by atoms with van der Waals surface area (Å²) in [6.07, 6.45) is 0. The van der Waals surface area contributed by atoms with Crippen LogP contribution in [0.3, 0.4) is 0 Å². The monoisotopic (exact) mass is 806 g/mol. The van der Waals surface area contributed by atoms with Gasteiger partial charge in [-0.1, -0.05) is 41.8 Å². The van der Waals surface area contributed by atoms with Crippen LogP contribution in [-0.4, -0.2) is 37.8 Å². The second kappa shape index (κ2) is 16.7. The van der Waals surface area contributed by atoms with Crippen LogP contribution in [0.15, 0.2) is 126 Å². The van der Waals surface area contributed by atoms with Crippen LogP contribution in [0.1, 0.15) is 11.4 Å². The van der Waals surface area contributed by atoms with Gasteiger partial charge in [0.15, 0.2) is 11.4 Å². The fraction of sp³-hybridized carbons (Fsp3) is 0.0625. The third kappa shape index (κ3) is 9.31.